The van der Waals surface area contributed by atoms with E-state index in [4.69, 9.17) is 0 Å². The van der Waals surface area contributed by atoms with Gasteiger partial charge < -0.3 is 5.32 Å². The largest absolute Gasteiger partial charge is 0.352 e. The Bertz CT molecular complexity index is 655. The fourth-order valence-corrected chi connectivity index (χ4v) is 2.66. The summed E-state index contributed by atoms with van der Waals surface area (Å²) < 4.78 is 0. The SMILES string of the molecule is O=C1C(Nc2ccccc2)=CC(=O)c2sccc21. The second-order valence-electron chi connectivity index (χ2n) is 3.91. The van der Waals surface area contributed by atoms with Crippen LogP contribution < -0.4 is 5.32 Å². The van der Waals surface area contributed by atoms with Crippen LogP contribution >= 0.6 is 11.3 Å². The summed E-state index contributed by atoms with van der Waals surface area (Å²) in [4.78, 5) is 24.5. The van der Waals surface area contributed by atoms with Crippen molar-refractivity contribution in [2.24, 2.45) is 0 Å². The van der Waals surface area contributed by atoms with Crippen molar-refractivity contribution in [3.63, 3.8) is 0 Å². The Hall–Kier alpha value is -2.20. The van der Waals surface area contributed by atoms with Gasteiger partial charge in [-0.3, -0.25) is 9.59 Å². The second-order valence-corrected chi connectivity index (χ2v) is 4.82. The fraction of sp³-hybridized carbons (Fsp3) is 0. The van der Waals surface area contributed by atoms with Crippen LogP contribution in [0.15, 0.2) is 53.6 Å². The Morgan fingerprint density at radius 3 is 2.56 bits per heavy atom. The van der Waals surface area contributed by atoms with Gasteiger partial charge in [-0.25, -0.2) is 0 Å². The summed E-state index contributed by atoms with van der Waals surface area (Å²) in [5, 5.41) is 4.75. The highest BCUT2D eigenvalue weighted by atomic mass is 32.1. The van der Waals surface area contributed by atoms with Crippen LogP contribution in [0.2, 0.25) is 0 Å². The number of nitrogens with one attached hydrogen (secondary N) is 1. The molecular weight excluding hydrogens is 246 g/mol. The third-order valence-corrected chi connectivity index (χ3v) is 3.64. The average Bonchev–Trinajstić information content (AvgIpc) is 2.87. The molecule has 3 rings (SSSR count). The van der Waals surface area contributed by atoms with Crippen molar-refractivity contribution in [1.82, 2.24) is 0 Å². The van der Waals surface area contributed by atoms with Crippen LogP contribution in [0, 0.1) is 0 Å². The zero-order chi connectivity index (χ0) is 12.5. The molecule has 1 aliphatic carbocycles. The van der Waals surface area contributed by atoms with Gasteiger partial charge in [0.05, 0.1) is 10.6 Å². The van der Waals surface area contributed by atoms with Gasteiger partial charge in [-0.1, -0.05) is 18.2 Å². The number of anilines is 1. The van der Waals surface area contributed by atoms with E-state index in [-0.39, 0.29) is 11.6 Å². The summed E-state index contributed by atoms with van der Waals surface area (Å²) >= 11 is 1.30. The molecule has 1 N–H and O–H groups in total. The number of fused-ring (bicyclic) bond motifs is 1. The van der Waals surface area contributed by atoms with Gasteiger partial charge in [0.1, 0.15) is 0 Å². The Morgan fingerprint density at radius 1 is 1.00 bits per heavy atom. The number of thiophene rings is 1. The third kappa shape index (κ3) is 1.76. The Labute approximate surface area is 108 Å². The molecule has 1 heterocycles. The van der Waals surface area contributed by atoms with Crippen LogP contribution in [0.4, 0.5) is 5.69 Å². The average molecular weight is 255 g/mol. The smallest absolute Gasteiger partial charge is 0.210 e. The third-order valence-electron chi connectivity index (χ3n) is 2.71. The normalized spacial score (nSPS) is 14.1. The molecule has 1 aromatic heterocycles. The molecule has 0 bridgehead atoms. The van der Waals surface area contributed by atoms with Gasteiger partial charge in [-0.05, 0) is 23.6 Å². The van der Waals surface area contributed by atoms with Gasteiger partial charge in [0.2, 0.25) is 5.78 Å². The second kappa shape index (κ2) is 4.23. The van der Waals surface area contributed by atoms with Crippen molar-refractivity contribution in [3.8, 4) is 0 Å². The van der Waals surface area contributed by atoms with Gasteiger partial charge in [-0.15, -0.1) is 11.3 Å². The number of rotatable bonds is 2. The molecule has 0 amide bonds. The Kier molecular flexibility index (Phi) is 2.57. The molecule has 0 saturated heterocycles. The zero-order valence-electron chi connectivity index (χ0n) is 9.34. The van der Waals surface area contributed by atoms with Gasteiger partial charge in [0, 0.05) is 17.3 Å². The lowest BCUT2D eigenvalue weighted by Gasteiger charge is -2.13. The van der Waals surface area contributed by atoms with Crippen LogP contribution in [-0.4, -0.2) is 11.6 Å². The van der Waals surface area contributed by atoms with Crippen molar-refractivity contribution in [1.29, 1.82) is 0 Å². The van der Waals surface area contributed by atoms with Crippen LogP contribution in [0.3, 0.4) is 0 Å². The van der Waals surface area contributed by atoms with E-state index < -0.39 is 0 Å². The molecule has 0 spiro atoms. The van der Waals surface area contributed by atoms with E-state index in [2.05, 4.69) is 5.32 Å². The molecule has 0 atom stereocenters. The van der Waals surface area contributed by atoms with Crippen LogP contribution in [-0.2, 0) is 0 Å². The number of Topliss-reactive ketones (excluding diaryl/α,β-unsaturated/α-hetero) is 1. The molecule has 0 saturated carbocycles. The summed E-state index contributed by atoms with van der Waals surface area (Å²) in [5.41, 5.74) is 1.62. The van der Waals surface area contributed by atoms with Gasteiger partial charge in [-0.2, -0.15) is 0 Å². The summed E-state index contributed by atoms with van der Waals surface area (Å²) in [5.74, 6) is -0.243. The molecule has 0 radical (unpaired) electrons. The van der Waals surface area contributed by atoms with Crippen LogP contribution in [0.25, 0.3) is 0 Å². The molecule has 1 aliphatic rings. The standard InChI is InChI=1S/C14H9NO2S/c16-12-8-11(15-9-4-2-1-3-5-9)13(17)10-6-7-18-14(10)12/h1-8,15H. The highest BCUT2D eigenvalue weighted by molar-refractivity contribution is 7.12. The lowest BCUT2D eigenvalue weighted by atomic mass is 10.0. The fourth-order valence-electron chi connectivity index (χ4n) is 1.86. The molecule has 3 nitrogen and oxygen atoms in total. The summed E-state index contributed by atoms with van der Waals surface area (Å²) in [6.07, 6.45) is 1.37. The minimum Gasteiger partial charge on any atom is -0.352 e. The molecule has 88 valence electrons. The summed E-state index contributed by atoms with van der Waals surface area (Å²) in [6.45, 7) is 0. The minimum absolute atomic E-state index is 0.113. The lowest BCUT2D eigenvalue weighted by molar-refractivity contribution is 0.0988. The number of hydrogen-bond acceptors (Lipinski definition) is 4. The van der Waals surface area contributed by atoms with E-state index in [1.807, 2.05) is 30.3 Å². The molecule has 2 aromatic rings. The van der Waals surface area contributed by atoms with E-state index in [1.54, 1.807) is 11.4 Å². The van der Waals surface area contributed by atoms with E-state index in [1.165, 1.54) is 17.4 Å². The number of ketones is 2. The van der Waals surface area contributed by atoms with Crippen molar-refractivity contribution in [3.05, 3.63) is 64.0 Å². The number of carbonyl (C=O) groups is 2. The zero-order valence-corrected chi connectivity index (χ0v) is 10.2. The molecule has 0 aliphatic heterocycles. The van der Waals surface area contributed by atoms with Gasteiger partial charge in [0.15, 0.2) is 5.78 Å². The maximum atomic E-state index is 12.2. The van der Waals surface area contributed by atoms with Crippen LogP contribution in [0.1, 0.15) is 20.0 Å². The van der Waals surface area contributed by atoms with E-state index >= 15 is 0 Å². The van der Waals surface area contributed by atoms with Crippen molar-refractivity contribution < 1.29 is 9.59 Å². The van der Waals surface area contributed by atoms with Crippen molar-refractivity contribution in [2.45, 2.75) is 0 Å². The topological polar surface area (TPSA) is 46.2 Å². The molecule has 4 heteroatoms. The maximum absolute atomic E-state index is 12.2. The van der Waals surface area contributed by atoms with E-state index in [9.17, 15) is 9.59 Å². The van der Waals surface area contributed by atoms with Crippen LogP contribution in [0.5, 0.6) is 0 Å². The number of allylic oxidation sites excluding steroid dienone is 2. The lowest BCUT2D eigenvalue weighted by Crippen LogP contribution is -2.19. The molecule has 0 fully saturated rings. The van der Waals surface area contributed by atoms with E-state index in [0.717, 1.165) is 5.69 Å². The number of benzene rings is 1. The Morgan fingerprint density at radius 2 is 1.78 bits per heavy atom. The predicted octanol–water partition coefficient (Wildman–Crippen LogP) is 3.12. The summed E-state index contributed by atoms with van der Waals surface area (Å²) in [6, 6.07) is 11.0. The van der Waals surface area contributed by atoms with Gasteiger partial charge in [0.25, 0.3) is 0 Å². The first kappa shape index (κ1) is 10.9. The first-order chi connectivity index (χ1) is 8.75. The Balaban J connectivity index is 1.95. The highest BCUT2D eigenvalue weighted by Gasteiger charge is 2.26. The minimum atomic E-state index is -0.130. The predicted molar refractivity (Wildman–Crippen MR) is 71.1 cm³/mol. The quantitative estimate of drug-likeness (QED) is 0.896. The first-order valence-electron chi connectivity index (χ1n) is 5.46. The highest BCUT2D eigenvalue weighted by Crippen LogP contribution is 2.26. The van der Waals surface area contributed by atoms with E-state index in [0.29, 0.717) is 16.1 Å². The molecule has 0 unspecified atom stereocenters. The maximum Gasteiger partial charge on any atom is 0.210 e. The number of carbonyl (C=O) groups excluding carboxylic acids is 2. The number of para-hydroxylation sites is 1. The molecule has 1 aromatic carbocycles. The number of hydrogen-bond donors (Lipinski definition) is 1. The monoisotopic (exact) mass is 255 g/mol. The van der Waals surface area contributed by atoms with Crippen molar-refractivity contribution >= 4 is 28.6 Å². The van der Waals surface area contributed by atoms with Gasteiger partial charge >= 0.3 is 0 Å². The molecule has 18 heavy (non-hydrogen) atoms. The van der Waals surface area contributed by atoms with Crippen molar-refractivity contribution in [2.75, 3.05) is 5.32 Å². The molecular formula is C14H9NO2S. The first-order valence-corrected chi connectivity index (χ1v) is 6.34. The summed E-state index contributed by atoms with van der Waals surface area (Å²) in [7, 11) is 0.